The number of benzene rings is 1. The number of aromatic nitrogens is 3. The zero-order chi connectivity index (χ0) is 21.7. The molecule has 1 aromatic carbocycles. The second-order valence-corrected chi connectivity index (χ2v) is 6.19. The molecule has 0 saturated carbocycles. The average molecular weight is 436 g/mol. The number of rotatable bonds is 7. The molecule has 30 heavy (non-hydrogen) atoms. The zero-order valence-corrected chi connectivity index (χ0v) is 16.6. The summed E-state index contributed by atoms with van der Waals surface area (Å²) in [4.78, 5) is 28.9. The van der Waals surface area contributed by atoms with E-state index in [1.54, 1.807) is 6.92 Å². The van der Waals surface area contributed by atoms with Gasteiger partial charge in [-0.3, -0.25) is 9.63 Å². The van der Waals surface area contributed by atoms with Crippen LogP contribution in [0.15, 0.2) is 36.8 Å². The monoisotopic (exact) mass is 435 g/mol. The second kappa shape index (κ2) is 9.42. The van der Waals surface area contributed by atoms with Crippen molar-refractivity contribution in [3.63, 3.8) is 0 Å². The van der Waals surface area contributed by atoms with Crippen molar-refractivity contribution in [2.24, 2.45) is 0 Å². The summed E-state index contributed by atoms with van der Waals surface area (Å²) in [5.74, 6) is -1.63. The Morgan fingerprint density at radius 2 is 1.80 bits per heavy atom. The van der Waals surface area contributed by atoms with Crippen molar-refractivity contribution in [1.82, 2.24) is 20.4 Å². The molecule has 8 nitrogen and oxygen atoms in total. The molecule has 0 fully saturated rings. The number of methoxy groups -OCH3 is 1. The minimum atomic E-state index is -0.637. The number of hydrogen-bond donors (Lipinski definition) is 2. The van der Waals surface area contributed by atoms with Gasteiger partial charge in [0, 0.05) is 12.3 Å². The lowest BCUT2D eigenvalue weighted by Gasteiger charge is -2.17. The van der Waals surface area contributed by atoms with Gasteiger partial charge < -0.3 is 10.1 Å². The SMILES string of the molecule is CCONC(=O)c1cnc(Cl)cc1Nc1cc(F)cc(-c2ncc(F)cn2)c1OC. The summed E-state index contributed by atoms with van der Waals surface area (Å²) >= 11 is 5.96. The molecule has 156 valence electrons. The van der Waals surface area contributed by atoms with E-state index in [0.717, 1.165) is 24.5 Å². The Bertz CT molecular complexity index is 1070. The highest BCUT2D eigenvalue weighted by Crippen LogP contribution is 2.38. The topological polar surface area (TPSA) is 98.3 Å². The third-order valence-electron chi connectivity index (χ3n) is 3.81. The van der Waals surface area contributed by atoms with E-state index in [4.69, 9.17) is 21.2 Å². The van der Waals surface area contributed by atoms with Crippen molar-refractivity contribution in [1.29, 1.82) is 0 Å². The predicted octanol–water partition coefficient (Wildman–Crippen LogP) is 3.90. The summed E-state index contributed by atoms with van der Waals surface area (Å²) in [6.07, 6.45) is 3.16. The number of nitrogens with one attached hydrogen (secondary N) is 2. The molecule has 0 aliphatic rings. The van der Waals surface area contributed by atoms with Crippen LogP contribution in [0.2, 0.25) is 5.15 Å². The summed E-state index contributed by atoms with van der Waals surface area (Å²) in [6, 6.07) is 3.70. The van der Waals surface area contributed by atoms with E-state index in [-0.39, 0.29) is 45.8 Å². The molecule has 11 heteroatoms. The lowest BCUT2D eigenvalue weighted by Crippen LogP contribution is -2.24. The molecule has 0 radical (unpaired) electrons. The van der Waals surface area contributed by atoms with Crippen LogP contribution >= 0.6 is 11.6 Å². The van der Waals surface area contributed by atoms with E-state index in [2.05, 4.69) is 25.7 Å². The molecule has 0 spiro atoms. The van der Waals surface area contributed by atoms with Crippen LogP contribution in [-0.2, 0) is 4.84 Å². The number of carbonyl (C=O) groups excluding carboxylic acids is 1. The first-order chi connectivity index (χ1) is 14.4. The summed E-state index contributed by atoms with van der Waals surface area (Å²) in [7, 11) is 1.37. The highest BCUT2D eigenvalue weighted by atomic mass is 35.5. The Morgan fingerprint density at radius 3 is 2.47 bits per heavy atom. The molecule has 2 aromatic heterocycles. The molecule has 3 rings (SSSR count). The van der Waals surface area contributed by atoms with Crippen molar-refractivity contribution in [3.05, 3.63) is 59.1 Å². The molecular formula is C19H16ClF2N5O3. The lowest BCUT2D eigenvalue weighted by atomic mass is 10.1. The number of amides is 1. The lowest BCUT2D eigenvalue weighted by molar-refractivity contribution is 0.0365. The molecule has 0 bridgehead atoms. The maximum atomic E-state index is 14.4. The van der Waals surface area contributed by atoms with Gasteiger partial charge in [0.25, 0.3) is 5.91 Å². The number of nitrogens with zero attached hydrogens (tertiary/aromatic N) is 3. The van der Waals surface area contributed by atoms with Crippen molar-refractivity contribution in [2.45, 2.75) is 6.92 Å². The number of hydroxylamine groups is 1. The largest absolute Gasteiger partial charge is 0.494 e. The van der Waals surface area contributed by atoms with Crippen LogP contribution in [0.4, 0.5) is 20.2 Å². The van der Waals surface area contributed by atoms with Gasteiger partial charge in [0.1, 0.15) is 11.0 Å². The van der Waals surface area contributed by atoms with Gasteiger partial charge in [0.2, 0.25) is 0 Å². The molecule has 0 aliphatic carbocycles. The Balaban J connectivity index is 2.06. The Morgan fingerprint density at radius 1 is 1.07 bits per heavy atom. The van der Waals surface area contributed by atoms with Crippen LogP contribution in [0.1, 0.15) is 17.3 Å². The maximum Gasteiger partial charge on any atom is 0.278 e. The maximum absolute atomic E-state index is 14.4. The summed E-state index contributed by atoms with van der Waals surface area (Å²) in [6.45, 7) is 1.96. The van der Waals surface area contributed by atoms with Crippen molar-refractivity contribution < 1.29 is 23.1 Å². The number of ether oxygens (including phenoxy) is 1. The van der Waals surface area contributed by atoms with Gasteiger partial charge in [-0.2, -0.15) is 0 Å². The van der Waals surface area contributed by atoms with Gasteiger partial charge >= 0.3 is 0 Å². The molecule has 0 atom stereocenters. The van der Waals surface area contributed by atoms with E-state index < -0.39 is 17.5 Å². The standard InChI is InChI=1S/C19H16ClF2N5O3/c1-3-30-27-19(28)13-9-23-16(20)6-14(13)26-15-5-10(21)4-12(17(15)29-2)18-24-7-11(22)8-25-18/h4-9H,3H2,1-2H3,(H,23,26)(H,27,28). The third-order valence-corrected chi connectivity index (χ3v) is 4.02. The fourth-order valence-electron chi connectivity index (χ4n) is 2.58. The number of pyridine rings is 1. The van der Waals surface area contributed by atoms with Crippen LogP contribution in [0, 0.1) is 11.6 Å². The highest BCUT2D eigenvalue weighted by molar-refractivity contribution is 6.29. The van der Waals surface area contributed by atoms with E-state index in [1.165, 1.54) is 19.4 Å². The van der Waals surface area contributed by atoms with E-state index in [0.29, 0.717) is 0 Å². The van der Waals surface area contributed by atoms with E-state index in [9.17, 15) is 13.6 Å². The quantitative estimate of drug-likeness (QED) is 0.429. The van der Waals surface area contributed by atoms with Crippen LogP contribution in [0.25, 0.3) is 11.4 Å². The summed E-state index contributed by atoms with van der Waals surface area (Å²) in [5.41, 5.74) is 2.92. The second-order valence-electron chi connectivity index (χ2n) is 5.80. The summed E-state index contributed by atoms with van der Waals surface area (Å²) < 4.78 is 32.9. The van der Waals surface area contributed by atoms with Gasteiger partial charge in [-0.1, -0.05) is 11.6 Å². The van der Waals surface area contributed by atoms with Crippen LogP contribution in [-0.4, -0.2) is 34.6 Å². The number of hydrogen-bond acceptors (Lipinski definition) is 7. The fourth-order valence-corrected chi connectivity index (χ4v) is 2.73. The Kier molecular flexibility index (Phi) is 6.70. The van der Waals surface area contributed by atoms with E-state index >= 15 is 0 Å². The first-order valence-electron chi connectivity index (χ1n) is 8.63. The van der Waals surface area contributed by atoms with Crippen LogP contribution in [0.3, 0.4) is 0 Å². The molecule has 0 unspecified atom stereocenters. The highest BCUT2D eigenvalue weighted by Gasteiger charge is 2.19. The van der Waals surface area contributed by atoms with Crippen LogP contribution < -0.4 is 15.5 Å². The van der Waals surface area contributed by atoms with Crippen LogP contribution in [0.5, 0.6) is 5.75 Å². The van der Waals surface area contributed by atoms with Gasteiger partial charge in [0.05, 0.1) is 48.6 Å². The number of halogens is 3. The zero-order valence-electron chi connectivity index (χ0n) is 15.9. The molecule has 0 saturated heterocycles. The normalized spacial score (nSPS) is 10.6. The van der Waals surface area contributed by atoms with Gasteiger partial charge in [-0.15, -0.1) is 0 Å². The molecular weight excluding hydrogens is 420 g/mol. The molecule has 2 N–H and O–H groups in total. The smallest absolute Gasteiger partial charge is 0.278 e. The molecule has 0 aliphatic heterocycles. The number of carbonyl (C=O) groups is 1. The van der Waals surface area contributed by atoms with Gasteiger partial charge in [-0.25, -0.2) is 29.2 Å². The van der Waals surface area contributed by atoms with Gasteiger partial charge in [0.15, 0.2) is 17.4 Å². The predicted molar refractivity (Wildman–Crippen MR) is 106 cm³/mol. The third kappa shape index (κ3) is 4.78. The van der Waals surface area contributed by atoms with Crippen molar-refractivity contribution in [2.75, 3.05) is 19.0 Å². The first kappa shape index (κ1) is 21.3. The van der Waals surface area contributed by atoms with E-state index in [1.807, 2.05) is 0 Å². The molecule has 1 amide bonds. The van der Waals surface area contributed by atoms with Crippen molar-refractivity contribution in [3.8, 4) is 17.1 Å². The molecule has 2 heterocycles. The van der Waals surface area contributed by atoms with Crippen molar-refractivity contribution >= 4 is 28.9 Å². The minimum absolute atomic E-state index is 0.0536. The Labute approximate surface area is 175 Å². The number of anilines is 2. The van der Waals surface area contributed by atoms with Gasteiger partial charge in [-0.05, 0) is 19.1 Å². The average Bonchev–Trinajstić information content (AvgIpc) is 2.72. The Hall–Kier alpha value is -3.37. The molecule has 3 aromatic rings. The fraction of sp³-hybridized carbons (Fsp3) is 0.158. The first-order valence-corrected chi connectivity index (χ1v) is 9.00. The summed E-state index contributed by atoms with van der Waals surface area (Å²) in [5, 5.41) is 3.02. The minimum Gasteiger partial charge on any atom is -0.494 e.